The van der Waals surface area contributed by atoms with Gasteiger partial charge in [0.2, 0.25) is 0 Å². The van der Waals surface area contributed by atoms with Gasteiger partial charge >= 0.3 is 0 Å². The van der Waals surface area contributed by atoms with Crippen LogP contribution in [0.4, 0.5) is 5.82 Å². The second-order valence-corrected chi connectivity index (χ2v) is 6.46. The molecule has 0 aliphatic heterocycles. The number of nitrogen functional groups attached to an aromatic ring is 1. The molecule has 7 heteroatoms. The number of fused-ring (bicyclic) bond motifs is 1. The van der Waals surface area contributed by atoms with Gasteiger partial charge in [0, 0.05) is 17.6 Å². The lowest BCUT2D eigenvalue weighted by atomic mass is 10.1. The summed E-state index contributed by atoms with van der Waals surface area (Å²) in [7, 11) is 0. The van der Waals surface area contributed by atoms with Crippen LogP contribution in [0.3, 0.4) is 0 Å². The van der Waals surface area contributed by atoms with E-state index >= 15 is 0 Å². The van der Waals surface area contributed by atoms with E-state index in [-0.39, 0.29) is 10.9 Å². The summed E-state index contributed by atoms with van der Waals surface area (Å²) in [5.74, 6) is 0.300. The first-order chi connectivity index (χ1) is 11.1. The summed E-state index contributed by atoms with van der Waals surface area (Å²) < 4.78 is 0. The second-order valence-electron chi connectivity index (χ2n) is 5.15. The van der Waals surface area contributed by atoms with Gasteiger partial charge in [0.05, 0.1) is 22.7 Å². The summed E-state index contributed by atoms with van der Waals surface area (Å²) in [6.45, 7) is 4.17. The highest BCUT2D eigenvalue weighted by atomic mass is 32.2. The van der Waals surface area contributed by atoms with Crippen LogP contribution in [-0.2, 0) is 6.42 Å². The minimum Gasteiger partial charge on any atom is -0.384 e. The lowest BCUT2D eigenvalue weighted by Crippen LogP contribution is -1.99. The lowest BCUT2D eigenvalue weighted by Gasteiger charge is -2.10. The number of nitrogens with one attached hydrogen (secondary N) is 1. The summed E-state index contributed by atoms with van der Waals surface area (Å²) in [4.78, 5) is 16.1. The maximum atomic E-state index is 8.97. The van der Waals surface area contributed by atoms with E-state index in [1.807, 2.05) is 25.4 Å². The van der Waals surface area contributed by atoms with Crippen LogP contribution in [0, 0.1) is 11.3 Å². The van der Waals surface area contributed by atoms with Crippen LogP contribution in [0.5, 0.6) is 0 Å². The van der Waals surface area contributed by atoms with Crippen molar-refractivity contribution in [2.24, 2.45) is 0 Å². The minimum atomic E-state index is 0.0485. The molecule has 23 heavy (non-hydrogen) atoms. The molecular formula is C16H16N6S. The number of nitrogens with zero attached hydrogens (tertiary/aromatic N) is 4. The standard InChI is InChI=1S/C16H16N6S/c1-3-10-7-19-14-8-20-13(5-12(10)14)9(2)23-16-21-11(6-17)4-15(18)22-16/h4-5,7-9,19H,3H2,1-2H3,(H2,18,21,22). The van der Waals surface area contributed by atoms with Crippen molar-refractivity contribution in [2.75, 3.05) is 5.73 Å². The van der Waals surface area contributed by atoms with Crippen LogP contribution in [-0.4, -0.2) is 19.9 Å². The Bertz CT molecular complexity index is 895. The van der Waals surface area contributed by atoms with E-state index in [9.17, 15) is 0 Å². The molecule has 3 rings (SSSR count). The van der Waals surface area contributed by atoms with Crippen LogP contribution in [0.1, 0.15) is 36.0 Å². The SMILES string of the molecule is CCc1c[nH]c2cnc(C(C)Sc3nc(N)cc(C#N)n3)cc12. The van der Waals surface area contributed by atoms with Crippen molar-refractivity contribution in [3.63, 3.8) is 0 Å². The molecule has 0 saturated carbocycles. The third-order valence-corrected chi connectivity index (χ3v) is 4.58. The third-order valence-electron chi connectivity index (χ3n) is 3.59. The summed E-state index contributed by atoms with van der Waals surface area (Å²) in [6, 6.07) is 5.55. The fraction of sp³-hybridized carbons (Fsp3) is 0.250. The quantitative estimate of drug-likeness (QED) is 0.564. The molecule has 1 atom stereocenters. The van der Waals surface area contributed by atoms with E-state index in [0.29, 0.717) is 11.0 Å². The molecule has 0 bridgehead atoms. The van der Waals surface area contributed by atoms with Gasteiger partial charge in [-0.2, -0.15) is 5.26 Å². The van der Waals surface area contributed by atoms with Crippen molar-refractivity contribution < 1.29 is 0 Å². The minimum absolute atomic E-state index is 0.0485. The van der Waals surface area contributed by atoms with Crippen molar-refractivity contribution in [3.05, 3.63) is 41.5 Å². The molecule has 6 nitrogen and oxygen atoms in total. The van der Waals surface area contributed by atoms with Gasteiger partial charge < -0.3 is 10.7 Å². The van der Waals surface area contributed by atoms with E-state index in [1.54, 1.807) is 0 Å². The number of anilines is 1. The number of nitrogens with two attached hydrogens (primary N) is 1. The van der Waals surface area contributed by atoms with Crippen LogP contribution < -0.4 is 5.73 Å². The number of nitriles is 1. The van der Waals surface area contributed by atoms with Gasteiger partial charge in [0.25, 0.3) is 0 Å². The van der Waals surface area contributed by atoms with Crippen LogP contribution in [0.15, 0.2) is 29.7 Å². The number of hydrogen-bond donors (Lipinski definition) is 2. The summed E-state index contributed by atoms with van der Waals surface area (Å²) in [5.41, 5.74) is 9.24. The molecule has 0 spiro atoms. The maximum Gasteiger partial charge on any atom is 0.191 e. The monoisotopic (exact) mass is 324 g/mol. The number of aryl methyl sites for hydroxylation is 1. The molecule has 0 amide bonds. The molecule has 0 saturated heterocycles. The molecule has 0 aromatic carbocycles. The van der Waals surface area contributed by atoms with Gasteiger partial charge in [0.15, 0.2) is 5.16 Å². The molecule has 0 fully saturated rings. The number of H-pyrrole nitrogens is 1. The Morgan fingerprint density at radius 2 is 2.22 bits per heavy atom. The first kappa shape index (κ1) is 15.3. The Morgan fingerprint density at radius 3 is 2.96 bits per heavy atom. The predicted octanol–water partition coefficient (Wildman–Crippen LogP) is 3.22. The topological polar surface area (TPSA) is 104 Å². The van der Waals surface area contributed by atoms with E-state index < -0.39 is 0 Å². The first-order valence-electron chi connectivity index (χ1n) is 7.28. The molecule has 3 aromatic heterocycles. The zero-order chi connectivity index (χ0) is 16.4. The smallest absolute Gasteiger partial charge is 0.191 e. The van der Waals surface area contributed by atoms with Gasteiger partial charge in [-0.05, 0) is 25.0 Å². The Hall–Kier alpha value is -2.59. The molecule has 1 unspecified atom stereocenters. The average molecular weight is 324 g/mol. The predicted molar refractivity (Wildman–Crippen MR) is 90.9 cm³/mol. The van der Waals surface area contributed by atoms with E-state index in [2.05, 4.69) is 32.9 Å². The normalized spacial score (nSPS) is 12.2. The largest absolute Gasteiger partial charge is 0.384 e. The highest BCUT2D eigenvalue weighted by Crippen LogP contribution is 2.33. The summed E-state index contributed by atoms with van der Waals surface area (Å²) >= 11 is 1.44. The van der Waals surface area contributed by atoms with Crippen molar-refractivity contribution in [3.8, 4) is 6.07 Å². The molecule has 0 radical (unpaired) electrons. The van der Waals surface area contributed by atoms with E-state index in [0.717, 1.165) is 17.6 Å². The maximum absolute atomic E-state index is 8.97. The molecule has 3 aromatic rings. The molecular weight excluding hydrogens is 308 g/mol. The van der Waals surface area contributed by atoms with Gasteiger partial charge in [-0.3, -0.25) is 4.98 Å². The van der Waals surface area contributed by atoms with Gasteiger partial charge in [-0.15, -0.1) is 0 Å². The number of pyridine rings is 1. The Morgan fingerprint density at radius 1 is 1.39 bits per heavy atom. The Kier molecular flexibility index (Phi) is 4.17. The van der Waals surface area contributed by atoms with Crippen LogP contribution in [0.25, 0.3) is 10.9 Å². The number of thioether (sulfide) groups is 1. The van der Waals surface area contributed by atoms with Gasteiger partial charge in [-0.1, -0.05) is 18.7 Å². The highest BCUT2D eigenvalue weighted by Gasteiger charge is 2.14. The van der Waals surface area contributed by atoms with Crippen molar-refractivity contribution in [2.45, 2.75) is 30.7 Å². The highest BCUT2D eigenvalue weighted by molar-refractivity contribution is 7.99. The fourth-order valence-corrected chi connectivity index (χ4v) is 3.26. The third kappa shape index (κ3) is 3.12. The van der Waals surface area contributed by atoms with Crippen molar-refractivity contribution in [1.82, 2.24) is 19.9 Å². The number of hydrogen-bond acceptors (Lipinski definition) is 6. The van der Waals surface area contributed by atoms with E-state index in [1.165, 1.54) is 28.8 Å². The Labute approximate surface area is 138 Å². The number of aromatic amines is 1. The number of aromatic nitrogens is 4. The van der Waals surface area contributed by atoms with Gasteiger partial charge in [-0.25, -0.2) is 9.97 Å². The molecule has 0 aliphatic carbocycles. The van der Waals surface area contributed by atoms with Crippen LogP contribution >= 0.6 is 11.8 Å². The zero-order valence-electron chi connectivity index (χ0n) is 12.9. The lowest BCUT2D eigenvalue weighted by molar-refractivity contribution is 0.936. The molecule has 116 valence electrons. The molecule has 0 aliphatic rings. The molecule has 3 N–H and O–H groups in total. The second kappa shape index (κ2) is 6.26. The average Bonchev–Trinajstić information content (AvgIpc) is 2.96. The van der Waals surface area contributed by atoms with Crippen LogP contribution in [0.2, 0.25) is 0 Å². The summed E-state index contributed by atoms with van der Waals surface area (Å²) in [6.07, 6.45) is 4.84. The molecule has 3 heterocycles. The zero-order valence-corrected chi connectivity index (χ0v) is 13.7. The Balaban J connectivity index is 1.90. The van der Waals surface area contributed by atoms with Crippen molar-refractivity contribution >= 4 is 28.5 Å². The summed E-state index contributed by atoms with van der Waals surface area (Å²) in [5, 5.41) is 10.7. The number of rotatable bonds is 4. The van der Waals surface area contributed by atoms with E-state index in [4.69, 9.17) is 11.0 Å². The van der Waals surface area contributed by atoms with Gasteiger partial charge in [0.1, 0.15) is 17.6 Å². The fourth-order valence-electron chi connectivity index (χ4n) is 2.38. The first-order valence-corrected chi connectivity index (χ1v) is 8.16. The van der Waals surface area contributed by atoms with Crippen molar-refractivity contribution in [1.29, 1.82) is 5.26 Å².